The maximum Gasteiger partial charge on any atom is 0.0463 e. The lowest BCUT2D eigenvalue weighted by Gasteiger charge is -2.11. The van der Waals surface area contributed by atoms with Crippen LogP contribution in [0.4, 0.5) is 0 Å². The molecule has 0 amide bonds. The van der Waals surface area contributed by atoms with Gasteiger partial charge in [0.1, 0.15) is 0 Å². The predicted molar refractivity (Wildman–Crippen MR) is 48.6 cm³/mol. The first kappa shape index (κ1) is 8.80. The zero-order valence-corrected chi connectivity index (χ0v) is 8.02. The quantitative estimate of drug-likeness (QED) is 0.502. The Labute approximate surface area is 71.0 Å². The van der Waals surface area contributed by atoms with Crippen molar-refractivity contribution in [3.63, 3.8) is 0 Å². The highest BCUT2D eigenvalue weighted by atomic mass is 32.2. The molecule has 5 atom stereocenters. The summed E-state index contributed by atoms with van der Waals surface area (Å²) in [5.41, 5.74) is 0. The fourth-order valence-corrected chi connectivity index (χ4v) is 3.59. The van der Waals surface area contributed by atoms with E-state index in [9.17, 15) is 4.21 Å². The lowest BCUT2D eigenvalue weighted by atomic mass is 9.91. The Morgan fingerprint density at radius 1 is 1.27 bits per heavy atom. The molecule has 0 bridgehead atoms. The summed E-state index contributed by atoms with van der Waals surface area (Å²) in [7, 11) is -0.715. The summed E-state index contributed by atoms with van der Waals surface area (Å²) in [6.07, 6.45) is 5.35. The van der Waals surface area contributed by atoms with Crippen molar-refractivity contribution in [3.8, 4) is 12.3 Å². The zero-order valence-electron chi connectivity index (χ0n) is 7.20. The Hall–Kier alpha value is -0.290. The van der Waals surface area contributed by atoms with Crippen LogP contribution in [-0.2, 0) is 10.8 Å². The van der Waals surface area contributed by atoms with Crippen LogP contribution in [0.15, 0.2) is 0 Å². The number of rotatable bonds is 0. The van der Waals surface area contributed by atoms with Crippen molar-refractivity contribution >= 4 is 10.8 Å². The molecule has 1 aliphatic rings. The molecule has 5 unspecified atom stereocenters. The van der Waals surface area contributed by atoms with Gasteiger partial charge in [0.15, 0.2) is 0 Å². The molecule has 1 saturated heterocycles. The van der Waals surface area contributed by atoms with E-state index in [-0.39, 0.29) is 16.4 Å². The van der Waals surface area contributed by atoms with E-state index >= 15 is 0 Å². The fourth-order valence-electron chi connectivity index (χ4n) is 1.70. The van der Waals surface area contributed by atoms with E-state index in [1.165, 1.54) is 0 Å². The van der Waals surface area contributed by atoms with Gasteiger partial charge in [-0.25, -0.2) is 0 Å². The average Bonchev–Trinajstić information content (AvgIpc) is 2.17. The maximum absolute atomic E-state index is 11.5. The van der Waals surface area contributed by atoms with E-state index < -0.39 is 10.8 Å². The second kappa shape index (κ2) is 2.98. The molecule has 62 valence electrons. The summed E-state index contributed by atoms with van der Waals surface area (Å²) in [5, 5.41) is 0.455. The van der Waals surface area contributed by atoms with Gasteiger partial charge in [0.05, 0.1) is 0 Å². The summed E-state index contributed by atoms with van der Waals surface area (Å²) < 4.78 is 11.5. The van der Waals surface area contributed by atoms with E-state index in [4.69, 9.17) is 6.42 Å². The van der Waals surface area contributed by atoms with Crippen LogP contribution in [0.5, 0.6) is 0 Å². The van der Waals surface area contributed by atoms with Crippen LogP contribution < -0.4 is 0 Å². The molecule has 0 aromatic rings. The summed E-state index contributed by atoms with van der Waals surface area (Å²) >= 11 is 0. The van der Waals surface area contributed by atoms with Crippen molar-refractivity contribution in [2.75, 3.05) is 0 Å². The molecular formula is C9H14OS. The van der Waals surface area contributed by atoms with Gasteiger partial charge in [0, 0.05) is 27.2 Å². The van der Waals surface area contributed by atoms with Gasteiger partial charge in [-0.3, -0.25) is 4.21 Å². The molecule has 0 N–H and O–H groups in total. The molecule has 0 aromatic heterocycles. The third-order valence-corrected chi connectivity index (χ3v) is 4.93. The smallest absolute Gasteiger partial charge is 0.0463 e. The first-order valence-corrected chi connectivity index (χ1v) is 5.22. The fraction of sp³-hybridized carbons (Fsp3) is 0.778. The average molecular weight is 170 g/mol. The van der Waals surface area contributed by atoms with Crippen LogP contribution in [0.1, 0.15) is 20.8 Å². The minimum atomic E-state index is -0.715. The second-order valence-corrected chi connectivity index (χ2v) is 5.43. The molecule has 2 heteroatoms. The Bertz CT molecular complexity index is 216. The van der Waals surface area contributed by atoms with Gasteiger partial charge in [-0.15, -0.1) is 12.3 Å². The third kappa shape index (κ3) is 1.22. The molecule has 1 heterocycles. The molecule has 0 saturated carbocycles. The van der Waals surface area contributed by atoms with Crippen molar-refractivity contribution in [2.24, 2.45) is 11.8 Å². The van der Waals surface area contributed by atoms with Gasteiger partial charge in [0.25, 0.3) is 0 Å². The van der Waals surface area contributed by atoms with Gasteiger partial charge in [-0.1, -0.05) is 13.8 Å². The van der Waals surface area contributed by atoms with Crippen molar-refractivity contribution < 1.29 is 4.21 Å². The van der Waals surface area contributed by atoms with E-state index in [0.29, 0.717) is 5.92 Å². The number of terminal acetylenes is 1. The van der Waals surface area contributed by atoms with Crippen LogP contribution in [0.25, 0.3) is 0 Å². The molecular weight excluding hydrogens is 156 g/mol. The van der Waals surface area contributed by atoms with E-state index in [0.717, 1.165) is 0 Å². The van der Waals surface area contributed by atoms with Gasteiger partial charge in [-0.05, 0) is 12.8 Å². The number of hydrogen-bond acceptors (Lipinski definition) is 1. The second-order valence-electron chi connectivity index (χ2n) is 3.29. The first-order valence-electron chi connectivity index (χ1n) is 3.95. The van der Waals surface area contributed by atoms with E-state index in [1.807, 2.05) is 13.8 Å². The van der Waals surface area contributed by atoms with Crippen LogP contribution in [-0.4, -0.2) is 14.7 Å². The molecule has 1 aliphatic heterocycles. The van der Waals surface area contributed by atoms with Gasteiger partial charge < -0.3 is 0 Å². The minimum Gasteiger partial charge on any atom is -0.259 e. The molecule has 0 aliphatic carbocycles. The highest BCUT2D eigenvalue weighted by Crippen LogP contribution is 2.34. The summed E-state index contributed by atoms with van der Waals surface area (Å²) in [6, 6.07) is 0. The highest BCUT2D eigenvalue weighted by molar-refractivity contribution is 7.86. The molecule has 1 nitrogen and oxygen atoms in total. The Kier molecular flexibility index (Phi) is 2.39. The van der Waals surface area contributed by atoms with Crippen molar-refractivity contribution in [1.29, 1.82) is 0 Å². The van der Waals surface area contributed by atoms with E-state index in [1.54, 1.807) is 0 Å². The van der Waals surface area contributed by atoms with Crippen LogP contribution >= 0.6 is 0 Å². The van der Waals surface area contributed by atoms with Crippen LogP contribution in [0, 0.1) is 24.2 Å². The predicted octanol–water partition coefficient (Wildman–Crippen LogP) is 1.41. The van der Waals surface area contributed by atoms with Crippen LogP contribution in [0.2, 0.25) is 0 Å². The van der Waals surface area contributed by atoms with E-state index in [2.05, 4.69) is 12.8 Å². The topological polar surface area (TPSA) is 17.1 Å². The Balaban J connectivity index is 2.88. The van der Waals surface area contributed by atoms with Crippen LogP contribution in [0.3, 0.4) is 0 Å². The normalized spacial score (nSPS) is 50.5. The molecule has 1 rings (SSSR count). The van der Waals surface area contributed by atoms with Crippen molar-refractivity contribution in [2.45, 2.75) is 31.3 Å². The standard InChI is InChI=1S/C9H14OS/c1-5-9-6(2)7(3)11(10)8(9)4/h1,6-9H,2-4H3. The lowest BCUT2D eigenvalue weighted by molar-refractivity contribution is 0.469. The Morgan fingerprint density at radius 2 is 1.82 bits per heavy atom. The van der Waals surface area contributed by atoms with Gasteiger partial charge in [0.2, 0.25) is 0 Å². The minimum absolute atomic E-state index is 0.185. The first-order chi connectivity index (χ1) is 5.09. The monoisotopic (exact) mass is 170 g/mol. The van der Waals surface area contributed by atoms with Gasteiger partial charge >= 0.3 is 0 Å². The Morgan fingerprint density at radius 3 is 2.00 bits per heavy atom. The zero-order chi connectivity index (χ0) is 8.59. The summed E-state index contributed by atoms with van der Waals surface area (Å²) in [5.74, 6) is 3.36. The van der Waals surface area contributed by atoms with Gasteiger partial charge in [-0.2, -0.15) is 0 Å². The van der Waals surface area contributed by atoms with Crippen molar-refractivity contribution in [1.82, 2.24) is 0 Å². The number of hydrogen-bond donors (Lipinski definition) is 0. The van der Waals surface area contributed by atoms with Crippen molar-refractivity contribution in [3.05, 3.63) is 0 Å². The summed E-state index contributed by atoms with van der Waals surface area (Å²) in [6.45, 7) is 6.10. The third-order valence-electron chi connectivity index (χ3n) is 2.74. The molecule has 0 spiro atoms. The SMILES string of the molecule is C#CC1C(C)C(C)S(=O)C1C. The largest absolute Gasteiger partial charge is 0.259 e. The molecule has 0 radical (unpaired) electrons. The highest BCUT2D eigenvalue weighted by Gasteiger charge is 2.40. The molecule has 11 heavy (non-hydrogen) atoms. The molecule has 0 aromatic carbocycles. The lowest BCUT2D eigenvalue weighted by Crippen LogP contribution is -2.14. The maximum atomic E-state index is 11.5. The summed E-state index contributed by atoms with van der Waals surface area (Å²) in [4.78, 5) is 0. The molecule has 1 fully saturated rings.